The average Bonchev–Trinajstić information content (AvgIpc) is 3.36. The molecule has 3 amide bonds. The smallest absolute Gasteiger partial charge is 0.336 e. The van der Waals surface area contributed by atoms with Crippen LogP contribution in [0.3, 0.4) is 0 Å². The molecule has 3 atom stereocenters. The topological polar surface area (TPSA) is 173 Å². The van der Waals surface area contributed by atoms with Gasteiger partial charge in [-0.25, -0.2) is 22.8 Å². The molecule has 1 aliphatic heterocycles. The van der Waals surface area contributed by atoms with E-state index in [1.165, 1.54) is 35.2 Å². The van der Waals surface area contributed by atoms with Crippen molar-refractivity contribution in [2.75, 3.05) is 5.32 Å². The largest absolute Gasteiger partial charge is 0.478 e. The maximum atomic E-state index is 14.3. The Kier molecular flexibility index (Phi) is 8.90. The molecule has 1 fully saturated rings. The zero-order valence-electron chi connectivity index (χ0n) is 23.9. The van der Waals surface area contributed by atoms with Gasteiger partial charge in [0.25, 0.3) is 0 Å². The van der Waals surface area contributed by atoms with Crippen LogP contribution >= 0.6 is 0 Å². The van der Waals surface area contributed by atoms with Gasteiger partial charge in [-0.2, -0.15) is 0 Å². The summed E-state index contributed by atoms with van der Waals surface area (Å²) in [6.45, 7) is 4.97. The molecular weight excluding hydrogens is 574 g/mol. The zero-order chi connectivity index (χ0) is 31.5. The minimum absolute atomic E-state index is 0.00140. The Morgan fingerprint density at radius 2 is 1.56 bits per heavy atom. The number of carbonyl (C=O) groups is 4. The summed E-state index contributed by atoms with van der Waals surface area (Å²) in [4.78, 5) is 52.9. The Bertz CT molecular complexity index is 1640. The molecule has 4 N–H and O–H groups in total. The molecule has 3 aromatic carbocycles. The average molecular weight is 608 g/mol. The van der Waals surface area contributed by atoms with Crippen molar-refractivity contribution in [2.24, 2.45) is 5.73 Å². The summed E-state index contributed by atoms with van der Waals surface area (Å²) >= 11 is 0. The third-order valence-corrected chi connectivity index (χ3v) is 9.19. The van der Waals surface area contributed by atoms with Gasteiger partial charge < -0.3 is 25.8 Å². The van der Waals surface area contributed by atoms with Crippen molar-refractivity contribution in [3.05, 3.63) is 95.6 Å². The highest BCUT2D eigenvalue weighted by molar-refractivity contribution is 7.92. The third kappa shape index (κ3) is 6.86. The highest BCUT2D eigenvalue weighted by Crippen LogP contribution is 2.44. The lowest BCUT2D eigenvalue weighted by molar-refractivity contribution is -0.164. The van der Waals surface area contributed by atoms with Crippen molar-refractivity contribution in [1.29, 1.82) is 0 Å². The van der Waals surface area contributed by atoms with Crippen LogP contribution in [0, 0.1) is 0 Å². The molecule has 3 aromatic rings. The molecule has 0 aromatic heterocycles. The maximum Gasteiger partial charge on any atom is 0.336 e. The van der Waals surface area contributed by atoms with Gasteiger partial charge in [0.2, 0.25) is 5.91 Å². The van der Waals surface area contributed by atoms with Gasteiger partial charge in [-0.1, -0.05) is 54.6 Å². The molecule has 0 saturated carbocycles. The summed E-state index contributed by atoms with van der Waals surface area (Å²) in [5.74, 6) is -2.89. The predicted molar refractivity (Wildman–Crippen MR) is 158 cm³/mol. The van der Waals surface area contributed by atoms with Crippen molar-refractivity contribution in [1.82, 2.24) is 4.90 Å². The quantitative estimate of drug-likeness (QED) is 0.323. The minimum Gasteiger partial charge on any atom is -0.478 e. The number of anilines is 1. The van der Waals surface area contributed by atoms with E-state index in [-0.39, 0.29) is 28.1 Å². The summed E-state index contributed by atoms with van der Waals surface area (Å²) in [5, 5.41) is 11.0. The number of likely N-dealkylation sites (tertiary alicyclic amines) is 1. The monoisotopic (exact) mass is 607 g/mol. The number of ether oxygens (including phenoxy) is 1. The molecule has 0 aliphatic carbocycles. The SMILES string of the molecule is CC(C)(C)OC(=O)C1CC(S(=O)(=O)c2ccccc2)C(c2ccccc2)N1C(=O)Cc1c(NC(N)=O)cccc1C(=O)O. The van der Waals surface area contributed by atoms with Crippen LogP contribution in [0.15, 0.2) is 83.8 Å². The molecule has 226 valence electrons. The molecular formula is C31H33N3O8S. The zero-order valence-corrected chi connectivity index (χ0v) is 24.7. The lowest BCUT2D eigenvalue weighted by atomic mass is 10.00. The van der Waals surface area contributed by atoms with Crippen molar-refractivity contribution >= 4 is 39.4 Å². The van der Waals surface area contributed by atoms with Gasteiger partial charge in [0.05, 0.1) is 28.2 Å². The Morgan fingerprint density at radius 3 is 2.12 bits per heavy atom. The number of sulfone groups is 1. The molecule has 0 spiro atoms. The number of amides is 3. The fourth-order valence-corrected chi connectivity index (χ4v) is 7.27. The molecule has 11 nitrogen and oxygen atoms in total. The molecule has 0 bridgehead atoms. The highest BCUT2D eigenvalue weighted by Gasteiger charge is 2.53. The first-order valence-electron chi connectivity index (χ1n) is 13.5. The molecule has 0 radical (unpaired) electrons. The summed E-state index contributed by atoms with van der Waals surface area (Å²) in [6, 6.07) is 16.9. The van der Waals surface area contributed by atoms with Crippen molar-refractivity contribution in [3.8, 4) is 0 Å². The van der Waals surface area contributed by atoms with Gasteiger partial charge >= 0.3 is 18.0 Å². The van der Waals surface area contributed by atoms with E-state index in [1.54, 1.807) is 69.3 Å². The van der Waals surface area contributed by atoms with Crippen LogP contribution in [0.25, 0.3) is 0 Å². The number of carboxylic acid groups (broad SMARTS) is 1. The summed E-state index contributed by atoms with van der Waals surface area (Å²) < 4.78 is 33.8. The lowest BCUT2D eigenvalue weighted by Crippen LogP contribution is -2.45. The number of rotatable bonds is 8. The van der Waals surface area contributed by atoms with Gasteiger partial charge in [-0.15, -0.1) is 0 Å². The van der Waals surface area contributed by atoms with E-state index in [9.17, 15) is 32.7 Å². The van der Waals surface area contributed by atoms with E-state index in [0.29, 0.717) is 5.56 Å². The van der Waals surface area contributed by atoms with Gasteiger partial charge in [0.1, 0.15) is 11.6 Å². The minimum atomic E-state index is -4.10. The molecule has 43 heavy (non-hydrogen) atoms. The van der Waals surface area contributed by atoms with Crippen LogP contribution in [0.5, 0.6) is 0 Å². The Balaban J connectivity index is 1.89. The number of carboxylic acids is 1. The Morgan fingerprint density at radius 1 is 0.953 bits per heavy atom. The van der Waals surface area contributed by atoms with Gasteiger partial charge in [0, 0.05) is 5.69 Å². The Hall–Kier alpha value is -4.71. The van der Waals surface area contributed by atoms with Crippen molar-refractivity contribution in [2.45, 2.75) is 61.4 Å². The third-order valence-electron chi connectivity index (χ3n) is 7.01. The molecule has 4 rings (SSSR count). The van der Waals surface area contributed by atoms with E-state index >= 15 is 0 Å². The molecule has 1 aliphatic rings. The normalized spacial score (nSPS) is 18.6. The lowest BCUT2D eigenvalue weighted by Gasteiger charge is -2.33. The number of hydrogen-bond acceptors (Lipinski definition) is 7. The van der Waals surface area contributed by atoms with Crippen LogP contribution in [0.1, 0.15) is 54.7 Å². The van der Waals surface area contributed by atoms with E-state index in [1.807, 2.05) is 0 Å². The van der Waals surface area contributed by atoms with E-state index < -0.39 is 63.1 Å². The number of benzene rings is 3. The standard InChI is InChI=1S/C31H33N3O8S/c1-31(2,3)42-29(38)24-18-25(43(40,41)20-13-8-5-9-14-20)27(19-11-6-4-7-12-19)34(24)26(35)17-22-21(28(36)37)15-10-16-23(22)33-30(32)39/h4-16,24-25,27H,17-18H2,1-3H3,(H,36,37)(H3,32,33,39). The fraction of sp³-hybridized carbons (Fsp3) is 0.290. The van der Waals surface area contributed by atoms with Gasteiger partial charge in [0.15, 0.2) is 9.84 Å². The molecule has 3 unspecified atom stereocenters. The summed E-state index contributed by atoms with van der Waals surface area (Å²) in [7, 11) is -4.10. The van der Waals surface area contributed by atoms with E-state index in [0.717, 1.165) is 0 Å². The number of hydrogen-bond donors (Lipinski definition) is 3. The number of nitrogens with one attached hydrogen (secondary N) is 1. The summed E-state index contributed by atoms with van der Waals surface area (Å²) in [6.07, 6.45) is -0.844. The Labute approximate surface area is 249 Å². The number of urea groups is 1. The van der Waals surface area contributed by atoms with Crippen LogP contribution in [-0.4, -0.2) is 59.2 Å². The van der Waals surface area contributed by atoms with E-state index in [4.69, 9.17) is 10.5 Å². The number of carbonyl (C=O) groups excluding carboxylic acids is 3. The van der Waals surface area contributed by atoms with E-state index in [2.05, 4.69) is 5.32 Å². The predicted octanol–water partition coefficient (Wildman–Crippen LogP) is 3.94. The van der Waals surface area contributed by atoms with Crippen LogP contribution in [0.4, 0.5) is 10.5 Å². The van der Waals surface area contributed by atoms with Crippen molar-refractivity contribution in [3.63, 3.8) is 0 Å². The highest BCUT2D eigenvalue weighted by atomic mass is 32.2. The number of primary amides is 1. The van der Waals surface area contributed by atoms with Gasteiger partial charge in [-0.05, 0) is 62.6 Å². The second-order valence-corrected chi connectivity index (χ2v) is 13.3. The second-order valence-electron chi connectivity index (χ2n) is 11.1. The van der Waals surface area contributed by atoms with Crippen LogP contribution in [0.2, 0.25) is 0 Å². The number of nitrogens with zero attached hydrogens (tertiary/aromatic N) is 1. The number of aromatic carboxylic acids is 1. The second kappa shape index (κ2) is 12.3. The molecule has 1 heterocycles. The number of esters is 1. The maximum absolute atomic E-state index is 14.3. The van der Waals surface area contributed by atoms with Crippen LogP contribution in [-0.2, 0) is 30.6 Å². The fourth-order valence-electron chi connectivity index (χ4n) is 5.32. The first-order chi connectivity index (χ1) is 20.2. The van der Waals surface area contributed by atoms with Gasteiger partial charge in [-0.3, -0.25) is 4.79 Å². The first kappa shape index (κ1) is 31.2. The van der Waals surface area contributed by atoms with Crippen LogP contribution < -0.4 is 11.1 Å². The summed E-state index contributed by atoms with van der Waals surface area (Å²) in [5.41, 5.74) is 4.49. The molecule has 1 saturated heterocycles. The molecule has 12 heteroatoms. The number of nitrogens with two attached hydrogens (primary N) is 1. The van der Waals surface area contributed by atoms with Crippen molar-refractivity contribution < 1.29 is 37.4 Å². The first-order valence-corrected chi connectivity index (χ1v) is 15.0.